The van der Waals surface area contributed by atoms with Gasteiger partial charge in [0.05, 0.1) is 4.92 Å². The van der Waals surface area contributed by atoms with Gasteiger partial charge in [-0.3, -0.25) is 10.1 Å². The molecule has 0 saturated carbocycles. The van der Waals surface area contributed by atoms with Gasteiger partial charge < -0.3 is 5.32 Å². The van der Waals surface area contributed by atoms with E-state index in [2.05, 4.69) is 24.4 Å². The van der Waals surface area contributed by atoms with Gasteiger partial charge in [-0.1, -0.05) is 11.3 Å². The second-order valence-corrected chi connectivity index (χ2v) is 6.13. The SMILES string of the molecule is Cc1ccc(CNCc2ccc([N+](=O)[O-])s2)s1. The molecule has 0 aliphatic carbocycles. The molecule has 0 aliphatic rings. The maximum absolute atomic E-state index is 10.5. The van der Waals surface area contributed by atoms with E-state index in [0.717, 1.165) is 11.4 Å². The Morgan fingerprint density at radius 2 is 1.82 bits per heavy atom. The molecular formula is C11H12N2O2S2. The molecule has 0 fully saturated rings. The Bertz CT molecular complexity index is 519. The Kier molecular flexibility index (Phi) is 3.88. The standard InChI is InChI=1S/C11H12N2O2S2/c1-8-2-3-9(16-8)6-12-7-10-4-5-11(17-10)13(14)15/h2-5,12H,6-7H2,1H3. The maximum Gasteiger partial charge on any atom is 0.324 e. The van der Waals surface area contributed by atoms with Crippen molar-refractivity contribution < 1.29 is 4.92 Å². The molecule has 0 saturated heterocycles. The molecule has 2 aromatic rings. The third kappa shape index (κ3) is 3.36. The van der Waals surface area contributed by atoms with Crippen LogP contribution in [-0.2, 0) is 13.1 Å². The fourth-order valence-electron chi connectivity index (χ4n) is 1.45. The van der Waals surface area contributed by atoms with Gasteiger partial charge in [-0.2, -0.15) is 0 Å². The van der Waals surface area contributed by atoms with Crippen molar-refractivity contribution in [3.8, 4) is 0 Å². The Morgan fingerprint density at radius 3 is 2.35 bits per heavy atom. The molecule has 0 aromatic carbocycles. The molecule has 0 bridgehead atoms. The van der Waals surface area contributed by atoms with Crippen LogP contribution in [0.25, 0.3) is 0 Å². The summed E-state index contributed by atoms with van der Waals surface area (Å²) < 4.78 is 0. The quantitative estimate of drug-likeness (QED) is 0.668. The fraction of sp³-hybridized carbons (Fsp3) is 0.273. The zero-order chi connectivity index (χ0) is 12.3. The minimum atomic E-state index is -0.350. The highest BCUT2D eigenvalue weighted by Crippen LogP contribution is 2.23. The number of hydrogen-bond donors (Lipinski definition) is 1. The predicted molar refractivity (Wildman–Crippen MR) is 70.6 cm³/mol. The number of nitro groups is 1. The Balaban J connectivity index is 1.83. The van der Waals surface area contributed by atoms with Gasteiger partial charge in [0.15, 0.2) is 0 Å². The fourth-order valence-corrected chi connectivity index (χ4v) is 3.10. The summed E-state index contributed by atoms with van der Waals surface area (Å²) in [6, 6.07) is 7.55. The van der Waals surface area contributed by atoms with Crippen LogP contribution < -0.4 is 5.32 Å². The van der Waals surface area contributed by atoms with E-state index in [1.54, 1.807) is 23.5 Å². The van der Waals surface area contributed by atoms with E-state index in [9.17, 15) is 10.1 Å². The highest BCUT2D eigenvalue weighted by atomic mass is 32.1. The summed E-state index contributed by atoms with van der Waals surface area (Å²) in [4.78, 5) is 13.7. The van der Waals surface area contributed by atoms with Gasteiger partial charge in [0.1, 0.15) is 0 Å². The van der Waals surface area contributed by atoms with E-state index < -0.39 is 0 Å². The van der Waals surface area contributed by atoms with Crippen molar-refractivity contribution in [2.45, 2.75) is 20.0 Å². The number of aryl methyl sites for hydroxylation is 1. The second kappa shape index (κ2) is 5.39. The van der Waals surface area contributed by atoms with Crippen molar-refractivity contribution in [1.29, 1.82) is 0 Å². The van der Waals surface area contributed by atoms with Crippen LogP contribution in [0.4, 0.5) is 5.00 Å². The largest absolute Gasteiger partial charge is 0.324 e. The van der Waals surface area contributed by atoms with E-state index in [0.29, 0.717) is 6.54 Å². The van der Waals surface area contributed by atoms with E-state index in [4.69, 9.17) is 0 Å². The molecule has 0 atom stereocenters. The third-order valence-corrected chi connectivity index (χ3v) is 4.26. The highest BCUT2D eigenvalue weighted by molar-refractivity contribution is 7.15. The van der Waals surface area contributed by atoms with E-state index in [-0.39, 0.29) is 9.92 Å². The normalized spacial score (nSPS) is 10.6. The lowest BCUT2D eigenvalue weighted by molar-refractivity contribution is -0.380. The summed E-state index contributed by atoms with van der Waals surface area (Å²) in [5, 5.41) is 14.0. The van der Waals surface area contributed by atoms with E-state index >= 15 is 0 Å². The Hall–Kier alpha value is -1.24. The summed E-state index contributed by atoms with van der Waals surface area (Å²) in [6.45, 7) is 3.57. The number of nitrogens with one attached hydrogen (secondary N) is 1. The van der Waals surface area contributed by atoms with Gasteiger partial charge in [0.2, 0.25) is 0 Å². The molecule has 2 heterocycles. The average Bonchev–Trinajstić information content (AvgIpc) is 2.88. The molecule has 1 N–H and O–H groups in total. The summed E-state index contributed by atoms with van der Waals surface area (Å²) in [5.41, 5.74) is 0. The number of hydrogen-bond acceptors (Lipinski definition) is 5. The average molecular weight is 268 g/mol. The molecule has 0 spiro atoms. The lowest BCUT2D eigenvalue weighted by Crippen LogP contribution is -2.10. The van der Waals surface area contributed by atoms with Gasteiger partial charge in [-0.15, -0.1) is 11.3 Å². The van der Waals surface area contributed by atoms with Gasteiger partial charge in [0, 0.05) is 33.8 Å². The van der Waals surface area contributed by atoms with Crippen LogP contribution in [-0.4, -0.2) is 4.92 Å². The van der Waals surface area contributed by atoms with Crippen LogP contribution in [0.1, 0.15) is 14.6 Å². The minimum Gasteiger partial charge on any atom is -0.307 e. The molecule has 0 radical (unpaired) electrons. The molecule has 90 valence electrons. The summed E-state index contributed by atoms with van der Waals surface area (Å²) >= 11 is 2.99. The topological polar surface area (TPSA) is 55.2 Å². The molecule has 4 nitrogen and oxygen atoms in total. The van der Waals surface area contributed by atoms with E-state index in [1.807, 2.05) is 0 Å². The van der Waals surface area contributed by atoms with Crippen molar-refractivity contribution in [1.82, 2.24) is 5.32 Å². The molecule has 0 amide bonds. The second-order valence-electron chi connectivity index (χ2n) is 3.61. The number of nitrogens with zero attached hydrogens (tertiary/aromatic N) is 1. The van der Waals surface area contributed by atoms with Crippen LogP contribution in [0.3, 0.4) is 0 Å². The first-order valence-electron chi connectivity index (χ1n) is 5.14. The zero-order valence-corrected chi connectivity index (χ0v) is 10.9. The summed E-state index contributed by atoms with van der Waals surface area (Å²) in [7, 11) is 0. The minimum absolute atomic E-state index is 0.203. The number of thiophene rings is 2. The molecular weight excluding hydrogens is 256 g/mol. The third-order valence-electron chi connectivity index (χ3n) is 2.22. The van der Waals surface area contributed by atoms with Crippen LogP contribution in [0.2, 0.25) is 0 Å². The Labute approximate surface area is 107 Å². The van der Waals surface area contributed by atoms with Crippen molar-refractivity contribution in [2.24, 2.45) is 0 Å². The molecule has 0 unspecified atom stereocenters. The van der Waals surface area contributed by atoms with Crippen LogP contribution in [0, 0.1) is 17.0 Å². The van der Waals surface area contributed by atoms with Gasteiger partial charge in [-0.25, -0.2) is 0 Å². The van der Waals surface area contributed by atoms with Crippen molar-refractivity contribution in [2.75, 3.05) is 0 Å². The summed E-state index contributed by atoms with van der Waals surface area (Å²) in [6.07, 6.45) is 0. The molecule has 0 aliphatic heterocycles. The van der Waals surface area contributed by atoms with Crippen LogP contribution in [0.15, 0.2) is 24.3 Å². The van der Waals surface area contributed by atoms with E-state index in [1.165, 1.54) is 21.1 Å². The maximum atomic E-state index is 10.5. The lowest BCUT2D eigenvalue weighted by atomic mass is 10.4. The first-order valence-corrected chi connectivity index (χ1v) is 6.77. The van der Waals surface area contributed by atoms with Crippen molar-refractivity contribution in [3.63, 3.8) is 0 Å². The molecule has 2 aromatic heterocycles. The van der Waals surface area contributed by atoms with Crippen molar-refractivity contribution >= 4 is 27.7 Å². The van der Waals surface area contributed by atoms with Crippen LogP contribution >= 0.6 is 22.7 Å². The number of rotatable bonds is 5. The van der Waals surface area contributed by atoms with Gasteiger partial charge >= 0.3 is 5.00 Å². The summed E-state index contributed by atoms with van der Waals surface area (Å²) in [5.74, 6) is 0. The molecule has 6 heteroatoms. The first kappa shape index (κ1) is 12.2. The van der Waals surface area contributed by atoms with Gasteiger partial charge in [-0.05, 0) is 25.1 Å². The molecule has 17 heavy (non-hydrogen) atoms. The highest BCUT2D eigenvalue weighted by Gasteiger charge is 2.09. The lowest BCUT2D eigenvalue weighted by Gasteiger charge is -1.99. The van der Waals surface area contributed by atoms with Crippen molar-refractivity contribution in [3.05, 3.63) is 49.0 Å². The smallest absolute Gasteiger partial charge is 0.307 e. The zero-order valence-electron chi connectivity index (χ0n) is 9.30. The monoisotopic (exact) mass is 268 g/mol. The van der Waals surface area contributed by atoms with Gasteiger partial charge in [0.25, 0.3) is 0 Å². The predicted octanol–water partition coefficient (Wildman–Crippen LogP) is 3.32. The Morgan fingerprint density at radius 1 is 1.18 bits per heavy atom. The molecule has 2 rings (SSSR count). The van der Waals surface area contributed by atoms with Crippen LogP contribution in [0.5, 0.6) is 0 Å². The first-order chi connectivity index (χ1) is 8.15.